The van der Waals surface area contributed by atoms with E-state index in [-0.39, 0.29) is 5.69 Å². The van der Waals surface area contributed by atoms with Gasteiger partial charge in [-0.15, -0.1) is 0 Å². The Kier molecular flexibility index (Phi) is 2.03. The summed E-state index contributed by atoms with van der Waals surface area (Å²) in [5.74, 6) is -1.03. The van der Waals surface area contributed by atoms with E-state index in [1.807, 2.05) is 19.1 Å². The van der Waals surface area contributed by atoms with Crippen LogP contribution in [-0.4, -0.2) is 20.7 Å². The SMILES string of the molecule is Cc1cccn2nc(C(=O)O)c(Br)c12. The third kappa shape index (κ3) is 1.21. The van der Waals surface area contributed by atoms with Crippen molar-refractivity contribution in [1.29, 1.82) is 0 Å². The molecule has 0 aliphatic rings. The average Bonchev–Trinajstić information content (AvgIpc) is 2.45. The summed E-state index contributed by atoms with van der Waals surface area (Å²) in [5, 5.41) is 12.8. The van der Waals surface area contributed by atoms with E-state index in [9.17, 15) is 4.79 Å². The maximum Gasteiger partial charge on any atom is 0.357 e. The molecule has 0 radical (unpaired) electrons. The van der Waals surface area contributed by atoms with Gasteiger partial charge < -0.3 is 5.11 Å². The number of hydrogen-bond acceptors (Lipinski definition) is 2. The Hall–Kier alpha value is -1.36. The second kappa shape index (κ2) is 3.09. The van der Waals surface area contributed by atoms with Gasteiger partial charge in [0, 0.05) is 6.20 Å². The number of fused-ring (bicyclic) bond motifs is 1. The highest BCUT2D eigenvalue weighted by Gasteiger charge is 2.17. The van der Waals surface area contributed by atoms with Gasteiger partial charge in [0.05, 0.1) is 9.99 Å². The highest BCUT2D eigenvalue weighted by Crippen LogP contribution is 2.24. The molecule has 2 aromatic heterocycles. The van der Waals surface area contributed by atoms with Crippen LogP contribution in [-0.2, 0) is 0 Å². The smallest absolute Gasteiger partial charge is 0.357 e. The minimum absolute atomic E-state index is 0.0410. The van der Waals surface area contributed by atoms with E-state index in [4.69, 9.17) is 5.11 Å². The predicted octanol–water partition coefficient (Wildman–Crippen LogP) is 2.10. The zero-order chi connectivity index (χ0) is 10.3. The van der Waals surface area contributed by atoms with Crippen LogP contribution >= 0.6 is 15.9 Å². The molecule has 5 heteroatoms. The van der Waals surface area contributed by atoms with Crippen LogP contribution in [0, 0.1) is 6.92 Å². The number of aromatic nitrogens is 2. The van der Waals surface area contributed by atoms with Gasteiger partial charge >= 0.3 is 5.97 Å². The molecule has 4 nitrogen and oxygen atoms in total. The summed E-state index contributed by atoms with van der Waals surface area (Å²) in [5.41, 5.74) is 1.82. The number of aromatic carboxylic acids is 1. The van der Waals surface area contributed by atoms with Crippen LogP contribution in [0.2, 0.25) is 0 Å². The summed E-state index contributed by atoms with van der Waals surface area (Å²) in [6.07, 6.45) is 1.72. The minimum atomic E-state index is -1.03. The molecule has 0 unspecified atom stereocenters. The first-order valence-electron chi connectivity index (χ1n) is 3.98. The van der Waals surface area contributed by atoms with Gasteiger partial charge in [0.2, 0.25) is 0 Å². The van der Waals surface area contributed by atoms with Crippen molar-refractivity contribution in [1.82, 2.24) is 9.61 Å². The summed E-state index contributed by atoms with van der Waals surface area (Å²) in [6, 6.07) is 3.74. The zero-order valence-electron chi connectivity index (χ0n) is 7.36. The largest absolute Gasteiger partial charge is 0.476 e. The summed E-state index contributed by atoms with van der Waals surface area (Å²) in [6.45, 7) is 1.91. The van der Waals surface area contributed by atoms with Crippen LogP contribution in [0.1, 0.15) is 16.1 Å². The molecular weight excluding hydrogens is 248 g/mol. The molecule has 0 aliphatic carbocycles. The first-order valence-corrected chi connectivity index (χ1v) is 4.77. The van der Waals surface area contributed by atoms with Gasteiger partial charge in [-0.2, -0.15) is 5.10 Å². The number of halogens is 1. The van der Waals surface area contributed by atoms with Crippen LogP contribution in [0.15, 0.2) is 22.8 Å². The van der Waals surface area contributed by atoms with Crippen molar-refractivity contribution in [3.05, 3.63) is 34.1 Å². The fourth-order valence-corrected chi connectivity index (χ4v) is 2.10. The van der Waals surface area contributed by atoms with Crippen molar-refractivity contribution in [3.63, 3.8) is 0 Å². The van der Waals surface area contributed by atoms with Gasteiger partial charge in [-0.05, 0) is 34.5 Å². The van der Waals surface area contributed by atoms with Crippen molar-refractivity contribution in [2.75, 3.05) is 0 Å². The molecule has 72 valence electrons. The standard InChI is InChI=1S/C9H7BrN2O2/c1-5-3-2-4-12-8(5)6(10)7(11-12)9(13)14/h2-4H,1H3,(H,13,14). The molecule has 0 spiro atoms. The lowest BCUT2D eigenvalue weighted by Crippen LogP contribution is -1.98. The molecule has 2 heterocycles. The summed E-state index contributed by atoms with van der Waals surface area (Å²) >= 11 is 3.24. The molecule has 0 amide bonds. The van der Waals surface area contributed by atoms with E-state index >= 15 is 0 Å². The topological polar surface area (TPSA) is 54.6 Å². The highest BCUT2D eigenvalue weighted by atomic mass is 79.9. The van der Waals surface area contributed by atoms with E-state index in [0.717, 1.165) is 11.1 Å². The Balaban J connectivity index is 2.87. The average molecular weight is 255 g/mol. The summed E-state index contributed by atoms with van der Waals surface area (Å²) in [7, 11) is 0. The van der Waals surface area contributed by atoms with E-state index in [1.54, 1.807) is 10.7 Å². The minimum Gasteiger partial charge on any atom is -0.476 e. The van der Waals surface area contributed by atoms with Gasteiger partial charge in [-0.1, -0.05) is 6.07 Å². The van der Waals surface area contributed by atoms with Gasteiger partial charge in [-0.25, -0.2) is 9.31 Å². The third-order valence-corrected chi connectivity index (χ3v) is 2.75. The molecule has 14 heavy (non-hydrogen) atoms. The maximum absolute atomic E-state index is 10.8. The van der Waals surface area contributed by atoms with Crippen molar-refractivity contribution in [2.24, 2.45) is 0 Å². The number of carboxylic acids is 1. The number of nitrogens with zero attached hydrogens (tertiary/aromatic N) is 2. The Morgan fingerprint density at radius 1 is 1.64 bits per heavy atom. The number of carbonyl (C=O) groups is 1. The summed E-state index contributed by atoms with van der Waals surface area (Å²) < 4.78 is 2.09. The molecule has 1 N–H and O–H groups in total. The fourth-order valence-electron chi connectivity index (χ4n) is 1.36. The number of pyridine rings is 1. The van der Waals surface area contributed by atoms with Crippen molar-refractivity contribution in [3.8, 4) is 0 Å². The first-order chi connectivity index (χ1) is 6.61. The van der Waals surface area contributed by atoms with Crippen molar-refractivity contribution >= 4 is 27.4 Å². The van der Waals surface area contributed by atoms with Crippen LogP contribution in [0.25, 0.3) is 5.52 Å². The van der Waals surface area contributed by atoms with Gasteiger partial charge in [0.25, 0.3) is 0 Å². The monoisotopic (exact) mass is 254 g/mol. The molecule has 0 atom stereocenters. The van der Waals surface area contributed by atoms with Crippen LogP contribution in [0.3, 0.4) is 0 Å². The lowest BCUT2D eigenvalue weighted by Gasteiger charge is -1.95. The van der Waals surface area contributed by atoms with Crippen molar-refractivity contribution < 1.29 is 9.90 Å². The summed E-state index contributed by atoms with van der Waals surface area (Å²) in [4.78, 5) is 10.8. The second-order valence-corrected chi connectivity index (χ2v) is 3.75. The molecular formula is C9H7BrN2O2. The number of hydrogen-bond donors (Lipinski definition) is 1. The van der Waals surface area contributed by atoms with Gasteiger partial charge in [-0.3, -0.25) is 0 Å². The fraction of sp³-hybridized carbons (Fsp3) is 0.111. The van der Waals surface area contributed by atoms with E-state index in [1.165, 1.54) is 0 Å². The number of carboxylic acid groups (broad SMARTS) is 1. The highest BCUT2D eigenvalue weighted by molar-refractivity contribution is 9.10. The van der Waals surface area contributed by atoms with Gasteiger partial charge in [0.1, 0.15) is 0 Å². The Labute approximate surface area is 88.3 Å². The molecule has 0 saturated carbocycles. The molecule has 0 aliphatic heterocycles. The molecule has 0 saturated heterocycles. The number of aryl methyl sites for hydroxylation is 1. The van der Waals surface area contributed by atoms with Crippen molar-refractivity contribution in [2.45, 2.75) is 6.92 Å². The van der Waals surface area contributed by atoms with E-state index in [2.05, 4.69) is 21.0 Å². The van der Waals surface area contributed by atoms with Crippen LogP contribution in [0.5, 0.6) is 0 Å². The molecule has 0 fully saturated rings. The predicted molar refractivity (Wildman–Crippen MR) is 54.6 cm³/mol. The Morgan fingerprint density at radius 2 is 2.36 bits per heavy atom. The molecule has 2 rings (SSSR count). The molecule has 2 aromatic rings. The third-order valence-electron chi connectivity index (χ3n) is 2.00. The van der Waals surface area contributed by atoms with E-state index in [0.29, 0.717) is 4.47 Å². The normalized spacial score (nSPS) is 10.7. The lowest BCUT2D eigenvalue weighted by atomic mass is 10.2. The van der Waals surface area contributed by atoms with E-state index < -0.39 is 5.97 Å². The molecule has 0 aromatic carbocycles. The zero-order valence-corrected chi connectivity index (χ0v) is 8.95. The quantitative estimate of drug-likeness (QED) is 0.848. The van der Waals surface area contributed by atoms with Crippen LogP contribution < -0.4 is 0 Å². The Morgan fingerprint density at radius 3 is 2.93 bits per heavy atom. The Bertz CT molecular complexity index is 519. The second-order valence-electron chi connectivity index (χ2n) is 2.95. The first kappa shape index (κ1) is 9.21. The maximum atomic E-state index is 10.8. The lowest BCUT2D eigenvalue weighted by molar-refractivity contribution is 0.0689. The van der Waals surface area contributed by atoms with Gasteiger partial charge in [0.15, 0.2) is 5.69 Å². The molecule has 0 bridgehead atoms. The van der Waals surface area contributed by atoms with Crippen LogP contribution in [0.4, 0.5) is 0 Å². The number of rotatable bonds is 1.